The quantitative estimate of drug-likeness (QED) is 0.162. The lowest BCUT2D eigenvalue weighted by Gasteiger charge is -2.24. The molecule has 34 heavy (non-hydrogen) atoms. The number of carboxylic acids is 2. The van der Waals surface area contributed by atoms with Gasteiger partial charge in [0.2, 0.25) is 5.91 Å². The van der Waals surface area contributed by atoms with Crippen LogP contribution in [0.1, 0.15) is 20.7 Å². The smallest absolute Gasteiger partial charge is 0.334 e. The van der Waals surface area contributed by atoms with E-state index in [1.807, 2.05) is 0 Å². The Morgan fingerprint density at radius 1 is 0.941 bits per heavy atom. The summed E-state index contributed by atoms with van der Waals surface area (Å²) in [4.78, 5) is 61.0. The molecule has 0 radical (unpaired) electrons. The molecule has 0 spiro atoms. The van der Waals surface area contributed by atoms with Crippen LogP contribution >= 0.6 is 67.8 Å². The summed E-state index contributed by atoms with van der Waals surface area (Å²) in [5.41, 5.74) is -0.0380. The molecule has 2 atom stereocenters. The molecule has 0 saturated heterocycles. The standard InChI is InChI=1S/C18H20I3N3O10/c1-24(4-7(26)18(32)33)16(29)10-11(19)9(15(28)22-3-6(25)17(30)31)12(20)14(13(10)21)23-8(27)5-34-2/h6-7,25-26H,3-5H2,1-2H3,(H,22,28)(H,23,27)(H,30,31)(H,32,33). The number of aliphatic hydroxyl groups is 2. The molecule has 0 saturated carbocycles. The van der Waals surface area contributed by atoms with Gasteiger partial charge in [-0.25, -0.2) is 9.59 Å². The van der Waals surface area contributed by atoms with E-state index in [-0.39, 0.29) is 34.1 Å². The number of carbonyl (C=O) groups excluding carboxylic acids is 3. The van der Waals surface area contributed by atoms with E-state index < -0.39 is 55.0 Å². The number of rotatable bonds is 11. The summed E-state index contributed by atoms with van der Waals surface area (Å²) in [6.45, 7) is -1.49. The summed E-state index contributed by atoms with van der Waals surface area (Å²) in [7, 11) is 2.55. The zero-order valence-electron chi connectivity index (χ0n) is 17.6. The Morgan fingerprint density at radius 3 is 1.97 bits per heavy atom. The molecule has 3 amide bonds. The summed E-state index contributed by atoms with van der Waals surface area (Å²) >= 11 is 5.30. The topological polar surface area (TPSA) is 203 Å². The first-order valence-electron chi connectivity index (χ1n) is 9.09. The molecule has 188 valence electrons. The molecule has 1 aromatic rings. The highest BCUT2D eigenvalue weighted by Crippen LogP contribution is 2.36. The second-order valence-corrected chi connectivity index (χ2v) is 9.89. The minimum atomic E-state index is -1.87. The molecule has 0 aliphatic rings. The van der Waals surface area contributed by atoms with Crippen molar-refractivity contribution in [1.82, 2.24) is 10.2 Å². The molecule has 0 heterocycles. The second-order valence-electron chi connectivity index (χ2n) is 6.65. The van der Waals surface area contributed by atoms with Gasteiger partial charge in [0.15, 0.2) is 12.2 Å². The van der Waals surface area contributed by atoms with Crippen LogP contribution in [0.15, 0.2) is 0 Å². The summed E-state index contributed by atoms with van der Waals surface area (Å²) < 4.78 is 5.37. The number of benzene rings is 1. The van der Waals surface area contributed by atoms with Gasteiger partial charge in [0, 0.05) is 17.7 Å². The number of hydrogen-bond donors (Lipinski definition) is 6. The van der Waals surface area contributed by atoms with Crippen molar-refractivity contribution in [2.75, 3.05) is 39.2 Å². The van der Waals surface area contributed by atoms with E-state index in [1.54, 1.807) is 67.8 Å². The molecule has 6 N–H and O–H groups in total. The summed E-state index contributed by atoms with van der Waals surface area (Å²) in [5.74, 6) is -5.23. The number of nitrogens with one attached hydrogen (secondary N) is 2. The number of anilines is 1. The summed E-state index contributed by atoms with van der Waals surface area (Å²) in [6.07, 6.45) is -3.72. The number of nitrogens with zero attached hydrogens (tertiary/aromatic N) is 1. The Hall–Kier alpha value is -1.36. The Balaban J connectivity index is 3.60. The molecule has 2 unspecified atom stereocenters. The molecule has 0 aliphatic heterocycles. The van der Waals surface area contributed by atoms with E-state index in [0.717, 1.165) is 4.90 Å². The summed E-state index contributed by atoms with van der Waals surface area (Å²) in [5, 5.41) is 41.6. The summed E-state index contributed by atoms with van der Waals surface area (Å²) in [6, 6.07) is 0. The maximum Gasteiger partial charge on any atom is 0.334 e. The minimum absolute atomic E-state index is 0.0571. The number of carbonyl (C=O) groups is 5. The Kier molecular flexibility index (Phi) is 12.3. The molecular formula is C18H20I3N3O10. The molecular weight excluding hydrogens is 799 g/mol. The van der Waals surface area contributed by atoms with Gasteiger partial charge in [-0.1, -0.05) is 0 Å². The van der Waals surface area contributed by atoms with Gasteiger partial charge in [0.1, 0.15) is 6.61 Å². The van der Waals surface area contributed by atoms with Crippen LogP contribution in [0.4, 0.5) is 5.69 Å². The van der Waals surface area contributed by atoms with Crippen LogP contribution in [0.2, 0.25) is 0 Å². The molecule has 16 heteroatoms. The fourth-order valence-electron chi connectivity index (χ4n) is 2.44. The largest absolute Gasteiger partial charge is 0.479 e. The minimum Gasteiger partial charge on any atom is -0.479 e. The fourth-order valence-corrected chi connectivity index (χ4v) is 6.83. The highest BCUT2D eigenvalue weighted by atomic mass is 127. The number of ether oxygens (including phenoxy) is 1. The first-order chi connectivity index (χ1) is 15.7. The number of aliphatic carboxylic acids is 2. The van der Waals surface area contributed by atoms with Crippen LogP contribution in [0.5, 0.6) is 0 Å². The maximum atomic E-state index is 13.2. The van der Waals surface area contributed by atoms with Gasteiger partial charge in [0.25, 0.3) is 11.8 Å². The van der Waals surface area contributed by atoms with Crippen molar-refractivity contribution in [2.45, 2.75) is 12.2 Å². The van der Waals surface area contributed by atoms with E-state index in [0.29, 0.717) is 0 Å². The van der Waals surface area contributed by atoms with Gasteiger partial charge >= 0.3 is 11.9 Å². The number of hydrogen-bond acceptors (Lipinski definition) is 8. The molecule has 1 rings (SSSR count). The third-order valence-corrected chi connectivity index (χ3v) is 7.35. The van der Waals surface area contributed by atoms with Crippen molar-refractivity contribution < 1.29 is 49.1 Å². The van der Waals surface area contributed by atoms with Gasteiger partial charge in [-0.3, -0.25) is 14.4 Å². The third kappa shape index (κ3) is 7.83. The molecule has 0 fully saturated rings. The predicted molar refractivity (Wildman–Crippen MR) is 142 cm³/mol. The Bertz CT molecular complexity index is 1000. The van der Waals surface area contributed by atoms with Crippen molar-refractivity contribution in [3.05, 3.63) is 21.8 Å². The van der Waals surface area contributed by atoms with Crippen molar-refractivity contribution in [1.29, 1.82) is 0 Å². The van der Waals surface area contributed by atoms with Gasteiger partial charge in [-0.2, -0.15) is 0 Å². The SMILES string of the molecule is COCC(=O)Nc1c(I)c(C(=O)NCC(O)C(=O)O)c(I)c(C(=O)N(C)CC(O)C(=O)O)c1I. The first kappa shape index (κ1) is 30.7. The highest BCUT2D eigenvalue weighted by Gasteiger charge is 2.31. The first-order valence-corrected chi connectivity index (χ1v) is 12.3. The van der Waals surface area contributed by atoms with E-state index in [1.165, 1.54) is 14.2 Å². The highest BCUT2D eigenvalue weighted by molar-refractivity contribution is 14.1. The third-order valence-electron chi connectivity index (χ3n) is 4.12. The number of methoxy groups -OCH3 is 1. The molecule has 0 aromatic heterocycles. The van der Waals surface area contributed by atoms with Crippen LogP contribution < -0.4 is 10.6 Å². The van der Waals surface area contributed by atoms with Crippen LogP contribution in [-0.2, 0) is 19.1 Å². The van der Waals surface area contributed by atoms with Crippen LogP contribution in [0.25, 0.3) is 0 Å². The number of likely N-dealkylation sites (N-methyl/N-ethyl adjacent to an activating group) is 1. The van der Waals surface area contributed by atoms with Crippen molar-refractivity contribution in [3.63, 3.8) is 0 Å². The lowest BCUT2D eigenvalue weighted by atomic mass is 10.1. The van der Waals surface area contributed by atoms with Gasteiger partial charge in [-0.05, 0) is 67.8 Å². The van der Waals surface area contributed by atoms with E-state index in [9.17, 15) is 34.2 Å². The lowest BCUT2D eigenvalue weighted by molar-refractivity contribution is -0.147. The Morgan fingerprint density at radius 2 is 1.47 bits per heavy atom. The lowest BCUT2D eigenvalue weighted by Crippen LogP contribution is -2.40. The average Bonchev–Trinajstić information content (AvgIpc) is 2.74. The molecule has 0 aliphatic carbocycles. The van der Waals surface area contributed by atoms with E-state index in [4.69, 9.17) is 14.9 Å². The van der Waals surface area contributed by atoms with Crippen LogP contribution in [-0.4, -0.2) is 101 Å². The average molecular weight is 819 g/mol. The predicted octanol–water partition coefficient (Wildman–Crippen LogP) is -0.222. The fraction of sp³-hybridized carbons (Fsp3) is 0.389. The Labute approximate surface area is 234 Å². The van der Waals surface area contributed by atoms with Gasteiger partial charge < -0.3 is 40.7 Å². The number of aliphatic hydroxyl groups excluding tert-OH is 2. The number of carboxylic acid groups (broad SMARTS) is 2. The molecule has 0 bridgehead atoms. The van der Waals surface area contributed by atoms with Gasteiger partial charge in [0.05, 0.1) is 37.0 Å². The van der Waals surface area contributed by atoms with E-state index >= 15 is 0 Å². The molecule has 13 nitrogen and oxygen atoms in total. The van der Waals surface area contributed by atoms with Crippen molar-refractivity contribution in [3.8, 4) is 0 Å². The number of halogens is 3. The zero-order chi connectivity index (χ0) is 26.3. The van der Waals surface area contributed by atoms with Crippen molar-refractivity contribution >= 4 is 103 Å². The number of amides is 3. The van der Waals surface area contributed by atoms with Gasteiger partial charge in [-0.15, -0.1) is 0 Å². The van der Waals surface area contributed by atoms with Crippen molar-refractivity contribution in [2.24, 2.45) is 0 Å². The maximum absolute atomic E-state index is 13.2. The van der Waals surface area contributed by atoms with Crippen LogP contribution in [0.3, 0.4) is 0 Å². The molecule has 1 aromatic carbocycles. The second kappa shape index (κ2) is 13.7. The normalized spacial score (nSPS) is 12.4. The zero-order valence-corrected chi connectivity index (χ0v) is 24.1. The van der Waals surface area contributed by atoms with E-state index in [2.05, 4.69) is 10.6 Å². The van der Waals surface area contributed by atoms with Crippen LogP contribution in [0, 0.1) is 10.7 Å². The monoisotopic (exact) mass is 819 g/mol.